The molecular weight excluding hydrogens is 330 g/mol. The lowest BCUT2D eigenvalue weighted by atomic mass is 10.2. The van der Waals surface area contributed by atoms with E-state index in [4.69, 9.17) is 16.3 Å². The van der Waals surface area contributed by atoms with E-state index in [0.717, 1.165) is 12.1 Å². The Morgan fingerprint density at radius 2 is 1.65 bits per heavy atom. The van der Waals surface area contributed by atoms with Gasteiger partial charge in [-0.05, 0) is 30.3 Å². The summed E-state index contributed by atoms with van der Waals surface area (Å²) in [7, 11) is 1.38. The van der Waals surface area contributed by atoms with E-state index in [1.807, 2.05) is 5.32 Å². The first-order chi connectivity index (χ1) is 10.9. The molecule has 0 atom stereocenters. The van der Waals surface area contributed by atoms with Crippen molar-refractivity contribution in [3.63, 3.8) is 0 Å². The van der Waals surface area contributed by atoms with Crippen molar-refractivity contribution in [2.45, 2.75) is 0 Å². The van der Waals surface area contributed by atoms with Crippen molar-refractivity contribution in [2.24, 2.45) is 0 Å². The van der Waals surface area contributed by atoms with Gasteiger partial charge in [-0.25, -0.2) is 8.78 Å². The van der Waals surface area contributed by atoms with Gasteiger partial charge < -0.3 is 15.4 Å². The molecule has 0 radical (unpaired) electrons. The van der Waals surface area contributed by atoms with Gasteiger partial charge in [0.2, 0.25) is 0 Å². The zero-order valence-corrected chi connectivity index (χ0v) is 12.6. The minimum absolute atomic E-state index is 0.180. The minimum atomic E-state index is -1.13. The van der Waals surface area contributed by atoms with Gasteiger partial charge in [0, 0.05) is 11.1 Å². The van der Waals surface area contributed by atoms with E-state index in [1.165, 1.54) is 19.2 Å². The maximum absolute atomic E-state index is 13.4. The molecule has 5 nitrogen and oxygen atoms in total. The van der Waals surface area contributed by atoms with Gasteiger partial charge in [-0.15, -0.1) is 0 Å². The molecule has 0 fully saturated rings. The number of halogens is 3. The van der Waals surface area contributed by atoms with Crippen LogP contribution in [0.4, 0.5) is 20.2 Å². The topological polar surface area (TPSA) is 67.4 Å². The second kappa shape index (κ2) is 7.06. The van der Waals surface area contributed by atoms with Crippen molar-refractivity contribution in [1.29, 1.82) is 0 Å². The Hall–Kier alpha value is -2.67. The van der Waals surface area contributed by atoms with Crippen molar-refractivity contribution in [3.05, 3.63) is 53.1 Å². The highest BCUT2D eigenvalue weighted by atomic mass is 35.5. The molecule has 0 aliphatic rings. The maximum Gasteiger partial charge on any atom is 0.314 e. The third kappa shape index (κ3) is 4.17. The molecule has 0 aliphatic carbocycles. The van der Waals surface area contributed by atoms with Crippen molar-refractivity contribution in [2.75, 3.05) is 17.7 Å². The first-order valence-electron chi connectivity index (χ1n) is 6.31. The average Bonchev–Trinajstić information content (AvgIpc) is 2.50. The largest absolute Gasteiger partial charge is 0.495 e. The van der Waals surface area contributed by atoms with Crippen molar-refractivity contribution >= 4 is 34.8 Å². The molecule has 2 amide bonds. The fourth-order valence-electron chi connectivity index (χ4n) is 1.73. The molecule has 120 valence electrons. The van der Waals surface area contributed by atoms with E-state index < -0.39 is 23.4 Å². The average molecular weight is 341 g/mol. The van der Waals surface area contributed by atoms with Crippen LogP contribution in [-0.4, -0.2) is 18.9 Å². The number of carbonyl (C=O) groups excluding carboxylic acids is 2. The number of hydrogen-bond acceptors (Lipinski definition) is 3. The summed E-state index contributed by atoms with van der Waals surface area (Å²) in [6.45, 7) is 0. The number of rotatable bonds is 3. The molecule has 0 heterocycles. The van der Waals surface area contributed by atoms with Crippen LogP contribution < -0.4 is 15.4 Å². The summed E-state index contributed by atoms with van der Waals surface area (Å²) in [5.41, 5.74) is -0.135. The second-order valence-electron chi connectivity index (χ2n) is 4.38. The fraction of sp³-hybridized carbons (Fsp3) is 0.0667. The van der Waals surface area contributed by atoms with E-state index in [0.29, 0.717) is 16.8 Å². The molecule has 2 N–H and O–H groups in total. The quantitative estimate of drug-likeness (QED) is 0.843. The molecule has 0 spiro atoms. The number of anilines is 2. The standard InChI is InChI=1S/C15H11ClF2N2O3/c1-23-13-5-2-8(16)6-12(13)20-15(22)14(21)19-11-4-3-9(17)7-10(11)18/h2-7H,1H3,(H,19,21)(H,20,22). The third-order valence-corrected chi connectivity index (χ3v) is 3.03. The van der Waals surface area contributed by atoms with Crippen LogP contribution in [0.15, 0.2) is 36.4 Å². The number of amides is 2. The lowest BCUT2D eigenvalue weighted by Gasteiger charge is -2.11. The Balaban J connectivity index is 2.11. The van der Waals surface area contributed by atoms with Crippen LogP contribution in [0, 0.1) is 11.6 Å². The second-order valence-corrected chi connectivity index (χ2v) is 4.81. The predicted molar refractivity (Wildman–Crippen MR) is 81.6 cm³/mol. The number of carbonyl (C=O) groups is 2. The summed E-state index contributed by atoms with van der Waals surface area (Å²) in [5.74, 6) is -3.68. The summed E-state index contributed by atoms with van der Waals surface area (Å²) in [4.78, 5) is 23.6. The van der Waals surface area contributed by atoms with Crippen LogP contribution in [0.5, 0.6) is 5.75 Å². The first-order valence-corrected chi connectivity index (χ1v) is 6.69. The van der Waals surface area contributed by atoms with Crippen LogP contribution >= 0.6 is 11.6 Å². The molecule has 0 unspecified atom stereocenters. The predicted octanol–water partition coefficient (Wildman–Crippen LogP) is 3.20. The Morgan fingerprint density at radius 1 is 1.00 bits per heavy atom. The highest BCUT2D eigenvalue weighted by Gasteiger charge is 2.18. The van der Waals surface area contributed by atoms with Crippen molar-refractivity contribution < 1.29 is 23.1 Å². The molecule has 0 saturated carbocycles. The van der Waals surface area contributed by atoms with E-state index in [9.17, 15) is 18.4 Å². The Labute approximate surface area is 135 Å². The zero-order valence-electron chi connectivity index (χ0n) is 11.8. The van der Waals surface area contributed by atoms with Crippen LogP contribution in [-0.2, 0) is 9.59 Å². The Kier molecular flexibility index (Phi) is 5.13. The highest BCUT2D eigenvalue weighted by molar-refractivity contribution is 6.44. The first kappa shape index (κ1) is 16.7. The van der Waals surface area contributed by atoms with Gasteiger partial charge in [0.25, 0.3) is 0 Å². The van der Waals surface area contributed by atoms with E-state index in [2.05, 4.69) is 5.32 Å². The smallest absolute Gasteiger partial charge is 0.314 e. The van der Waals surface area contributed by atoms with Crippen LogP contribution in [0.1, 0.15) is 0 Å². The summed E-state index contributed by atoms with van der Waals surface area (Å²) in [5, 5.41) is 4.66. The maximum atomic E-state index is 13.4. The molecular formula is C15H11ClF2N2O3. The van der Waals surface area contributed by atoms with Gasteiger partial charge in [0.15, 0.2) is 0 Å². The van der Waals surface area contributed by atoms with Crippen molar-refractivity contribution in [3.8, 4) is 5.75 Å². The van der Waals surface area contributed by atoms with Gasteiger partial charge in [-0.3, -0.25) is 9.59 Å². The SMILES string of the molecule is COc1ccc(Cl)cc1NC(=O)C(=O)Nc1ccc(F)cc1F. The van der Waals surface area contributed by atoms with Crippen LogP contribution in [0.3, 0.4) is 0 Å². The lowest BCUT2D eigenvalue weighted by molar-refractivity contribution is -0.133. The summed E-state index contributed by atoms with van der Waals surface area (Å²) in [6.07, 6.45) is 0. The van der Waals surface area contributed by atoms with Gasteiger partial charge in [-0.1, -0.05) is 11.6 Å². The molecule has 8 heteroatoms. The Bertz CT molecular complexity index is 768. The molecule has 0 saturated heterocycles. The molecule has 0 aromatic heterocycles. The number of hydrogen-bond donors (Lipinski definition) is 2. The number of nitrogens with one attached hydrogen (secondary N) is 2. The molecule has 2 aromatic rings. The molecule has 2 aromatic carbocycles. The molecule has 2 rings (SSSR count). The van der Waals surface area contributed by atoms with Crippen LogP contribution in [0.25, 0.3) is 0 Å². The number of ether oxygens (including phenoxy) is 1. The van der Waals surface area contributed by atoms with Crippen LogP contribution in [0.2, 0.25) is 5.02 Å². The lowest BCUT2D eigenvalue weighted by Crippen LogP contribution is -2.29. The van der Waals surface area contributed by atoms with Gasteiger partial charge in [-0.2, -0.15) is 0 Å². The van der Waals surface area contributed by atoms with E-state index in [1.54, 1.807) is 6.07 Å². The Morgan fingerprint density at radius 3 is 2.26 bits per heavy atom. The summed E-state index contributed by atoms with van der Waals surface area (Å²) in [6, 6.07) is 7.00. The molecule has 0 bridgehead atoms. The van der Waals surface area contributed by atoms with E-state index in [-0.39, 0.29) is 11.4 Å². The molecule has 23 heavy (non-hydrogen) atoms. The minimum Gasteiger partial charge on any atom is -0.495 e. The normalized spacial score (nSPS) is 10.1. The van der Waals surface area contributed by atoms with Gasteiger partial charge in [0.1, 0.15) is 17.4 Å². The van der Waals surface area contributed by atoms with Gasteiger partial charge >= 0.3 is 11.8 Å². The highest BCUT2D eigenvalue weighted by Crippen LogP contribution is 2.27. The van der Waals surface area contributed by atoms with Gasteiger partial charge in [0.05, 0.1) is 18.5 Å². The monoisotopic (exact) mass is 340 g/mol. The number of methoxy groups -OCH3 is 1. The van der Waals surface area contributed by atoms with Crippen molar-refractivity contribution in [1.82, 2.24) is 0 Å². The van der Waals surface area contributed by atoms with E-state index >= 15 is 0 Å². The summed E-state index contributed by atoms with van der Waals surface area (Å²) >= 11 is 5.81. The zero-order chi connectivity index (χ0) is 17.0. The fourth-order valence-corrected chi connectivity index (χ4v) is 1.90. The number of benzene rings is 2. The summed E-state index contributed by atoms with van der Waals surface area (Å²) < 4.78 is 31.3. The third-order valence-electron chi connectivity index (χ3n) is 2.80. The molecule has 0 aliphatic heterocycles.